The zero-order valence-electron chi connectivity index (χ0n) is 20.0. The second kappa shape index (κ2) is 8.67. The molecule has 4 rings (SSSR count). The molecule has 3 heteroatoms. The van der Waals surface area contributed by atoms with Crippen LogP contribution in [0, 0.1) is 52.3 Å². The Morgan fingerprint density at radius 3 is 2.33 bits per heavy atom. The van der Waals surface area contributed by atoms with Gasteiger partial charge in [0.15, 0.2) is 0 Å². The molecule has 0 aliphatic heterocycles. The van der Waals surface area contributed by atoms with Crippen molar-refractivity contribution in [1.29, 1.82) is 0 Å². The fourth-order valence-electron chi connectivity index (χ4n) is 9.38. The second-order valence-corrected chi connectivity index (χ2v) is 12.7. The standard InChI is InChI=1S/C27H48O3/c1-17(16-28)6-5-7-18(2)25-24(30)15-23-21-9-8-19-14-20(29)10-12-26(19,3)22(21)11-13-27(23,25)4/h17-25,28-30H,5-16H2,1-4H3/t17?,18?,19-,20?,21?,22?,23?,24?,25?,26-,27-/m0/s1. The van der Waals surface area contributed by atoms with Gasteiger partial charge in [-0.05, 0) is 110 Å². The second-order valence-electron chi connectivity index (χ2n) is 12.7. The van der Waals surface area contributed by atoms with Gasteiger partial charge in [0.05, 0.1) is 12.2 Å². The molecule has 0 radical (unpaired) electrons. The van der Waals surface area contributed by atoms with Crippen LogP contribution in [-0.4, -0.2) is 34.1 Å². The smallest absolute Gasteiger partial charge is 0.0579 e. The summed E-state index contributed by atoms with van der Waals surface area (Å²) >= 11 is 0. The van der Waals surface area contributed by atoms with E-state index in [0.29, 0.717) is 47.0 Å². The normalized spacial score (nSPS) is 50.3. The summed E-state index contributed by atoms with van der Waals surface area (Å²) in [5.41, 5.74) is 0.707. The van der Waals surface area contributed by atoms with Crippen LogP contribution in [0.4, 0.5) is 0 Å². The highest BCUT2D eigenvalue weighted by atomic mass is 16.3. The van der Waals surface area contributed by atoms with E-state index in [0.717, 1.165) is 37.5 Å². The third-order valence-corrected chi connectivity index (χ3v) is 11.0. The van der Waals surface area contributed by atoms with Gasteiger partial charge >= 0.3 is 0 Å². The summed E-state index contributed by atoms with van der Waals surface area (Å²) in [7, 11) is 0. The Bertz CT molecular complexity index is 593. The highest BCUT2D eigenvalue weighted by Gasteiger charge is 2.62. The lowest BCUT2D eigenvalue weighted by Gasteiger charge is -2.61. The van der Waals surface area contributed by atoms with Crippen LogP contribution in [0.3, 0.4) is 0 Å². The Morgan fingerprint density at radius 2 is 1.60 bits per heavy atom. The maximum atomic E-state index is 11.3. The van der Waals surface area contributed by atoms with E-state index in [-0.39, 0.29) is 12.2 Å². The molecular formula is C27H48O3. The molecule has 4 aliphatic carbocycles. The number of hydrogen-bond donors (Lipinski definition) is 3. The third-order valence-electron chi connectivity index (χ3n) is 11.0. The van der Waals surface area contributed by atoms with Gasteiger partial charge in [-0.3, -0.25) is 0 Å². The Balaban J connectivity index is 1.47. The van der Waals surface area contributed by atoms with Crippen LogP contribution < -0.4 is 0 Å². The fourth-order valence-corrected chi connectivity index (χ4v) is 9.38. The van der Waals surface area contributed by atoms with Crippen molar-refractivity contribution < 1.29 is 15.3 Å². The van der Waals surface area contributed by atoms with Gasteiger partial charge in [0, 0.05) is 6.61 Å². The van der Waals surface area contributed by atoms with E-state index in [1.807, 2.05) is 0 Å². The molecule has 0 amide bonds. The molecule has 11 atom stereocenters. The Labute approximate surface area is 185 Å². The van der Waals surface area contributed by atoms with Crippen LogP contribution in [0.5, 0.6) is 0 Å². The average molecular weight is 421 g/mol. The van der Waals surface area contributed by atoms with E-state index in [9.17, 15) is 15.3 Å². The monoisotopic (exact) mass is 420 g/mol. The summed E-state index contributed by atoms with van der Waals surface area (Å²) < 4.78 is 0. The predicted octanol–water partition coefficient (Wildman–Crippen LogP) is 5.41. The van der Waals surface area contributed by atoms with Crippen LogP contribution in [0.25, 0.3) is 0 Å². The first-order valence-electron chi connectivity index (χ1n) is 13.2. The molecule has 30 heavy (non-hydrogen) atoms. The molecule has 0 spiro atoms. The molecule has 0 aromatic carbocycles. The Hall–Kier alpha value is -0.120. The van der Waals surface area contributed by atoms with E-state index in [2.05, 4.69) is 27.7 Å². The van der Waals surface area contributed by atoms with E-state index < -0.39 is 0 Å². The van der Waals surface area contributed by atoms with Crippen molar-refractivity contribution >= 4 is 0 Å². The van der Waals surface area contributed by atoms with Gasteiger partial charge in [-0.1, -0.05) is 40.5 Å². The van der Waals surface area contributed by atoms with Gasteiger partial charge < -0.3 is 15.3 Å². The maximum Gasteiger partial charge on any atom is 0.0579 e. The molecule has 3 N–H and O–H groups in total. The van der Waals surface area contributed by atoms with Gasteiger partial charge in [-0.25, -0.2) is 0 Å². The molecule has 0 saturated heterocycles. The molecule has 0 bridgehead atoms. The summed E-state index contributed by atoms with van der Waals surface area (Å²) in [4.78, 5) is 0. The van der Waals surface area contributed by atoms with Crippen molar-refractivity contribution in [3.05, 3.63) is 0 Å². The van der Waals surface area contributed by atoms with Gasteiger partial charge in [0.25, 0.3) is 0 Å². The van der Waals surface area contributed by atoms with E-state index in [4.69, 9.17) is 0 Å². The zero-order chi connectivity index (χ0) is 21.7. The van der Waals surface area contributed by atoms with Crippen molar-refractivity contribution in [3.8, 4) is 0 Å². The number of hydrogen-bond acceptors (Lipinski definition) is 3. The predicted molar refractivity (Wildman–Crippen MR) is 122 cm³/mol. The fraction of sp³-hybridized carbons (Fsp3) is 1.00. The van der Waals surface area contributed by atoms with Crippen LogP contribution >= 0.6 is 0 Å². The van der Waals surface area contributed by atoms with Crippen molar-refractivity contribution in [2.75, 3.05) is 6.61 Å². The highest BCUT2D eigenvalue weighted by molar-refractivity contribution is 5.11. The first kappa shape index (κ1) is 23.1. The summed E-state index contributed by atoms with van der Waals surface area (Å²) in [5.74, 6) is 4.37. The number of aliphatic hydroxyl groups is 3. The summed E-state index contributed by atoms with van der Waals surface area (Å²) in [5, 5.41) is 30.8. The number of aliphatic hydroxyl groups excluding tert-OH is 3. The topological polar surface area (TPSA) is 60.7 Å². The minimum atomic E-state index is -0.136. The highest BCUT2D eigenvalue weighted by Crippen LogP contribution is 2.68. The maximum absolute atomic E-state index is 11.3. The van der Waals surface area contributed by atoms with Gasteiger partial charge in [0.1, 0.15) is 0 Å². The zero-order valence-corrected chi connectivity index (χ0v) is 20.0. The van der Waals surface area contributed by atoms with Crippen molar-refractivity contribution in [1.82, 2.24) is 0 Å². The van der Waals surface area contributed by atoms with E-state index in [1.165, 1.54) is 44.9 Å². The van der Waals surface area contributed by atoms with Crippen LogP contribution in [0.15, 0.2) is 0 Å². The minimum absolute atomic E-state index is 0.0689. The quantitative estimate of drug-likeness (QED) is 0.538. The molecule has 4 aliphatic rings. The first-order valence-corrected chi connectivity index (χ1v) is 13.2. The van der Waals surface area contributed by atoms with Crippen molar-refractivity contribution in [3.63, 3.8) is 0 Å². The third kappa shape index (κ3) is 3.79. The number of rotatable bonds is 6. The molecular weight excluding hydrogens is 372 g/mol. The van der Waals surface area contributed by atoms with Gasteiger partial charge in [-0.2, -0.15) is 0 Å². The largest absolute Gasteiger partial charge is 0.396 e. The molecule has 0 aromatic heterocycles. The van der Waals surface area contributed by atoms with Crippen molar-refractivity contribution in [2.24, 2.45) is 52.3 Å². The van der Waals surface area contributed by atoms with Crippen molar-refractivity contribution in [2.45, 2.75) is 111 Å². The van der Waals surface area contributed by atoms with Crippen LogP contribution in [0.2, 0.25) is 0 Å². The van der Waals surface area contributed by atoms with Crippen LogP contribution in [0.1, 0.15) is 98.3 Å². The SMILES string of the molecule is CC(CO)CCCC(C)C1C(O)CC2C3CC[C@H]4CC(O)CC[C@]4(C)C3CC[C@@]21C. The lowest BCUT2D eigenvalue weighted by Crippen LogP contribution is -2.54. The summed E-state index contributed by atoms with van der Waals surface area (Å²) in [6.07, 6.45) is 12.7. The molecule has 174 valence electrons. The summed E-state index contributed by atoms with van der Waals surface area (Å²) in [6, 6.07) is 0. The van der Waals surface area contributed by atoms with E-state index >= 15 is 0 Å². The van der Waals surface area contributed by atoms with E-state index in [1.54, 1.807) is 0 Å². The molecule has 0 heterocycles. The Kier molecular flexibility index (Phi) is 6.66. The average Bonchev–Trinajstić information content (AvgIpc) is 2.98. The van der Waals surface area contributed by atoms with Crippen LogP contribution in [-0.2, 0) is 0 Å². The van der Waals surface area contributed by atoms with Gasteiger partial charge in [-0.15, -0.1) is 0 Å². The summed E-state index contributed by atoms with van der Waals surface area (Å²) in [6.45, 7) is 9.89. The molecule has 0 aromatic rings. The van der Waals surface area contributed by atoms with Gasteiger partial charge in [0.2, 0.25) is 0 Å². The number of fused-ring (bicyclic) bond motifs is 5. The molecule has 4 saturated carbocycles. The molecule has 3 nitrogen and oxygen atoms in total. The molecule has 8 unspecified atom stereocenters. The lowest BCUT2D eigenvalue weighted by molar-refractivity contribution is -0.130. The lowest BCUT2D eigenvalue weighted by atomic mass is 9.44. The first-order chi connectivity index (χ1) is 14.2. The minimum Gasteiger partial charge on any atom is -0.396 e. The molecule has 4 fully saturated rings. The Morgan fingerprint density at radius 1 is 0.867 bits per heavy atom.